The van der Waals surface area contributed by atoms with Crippen molar-refractivity contribution < 1.29 is 39.0 Å². The van der Waals surface area contributed by atoms with Crippen molar-refractivity contribution in [2.45, 2.75) is 70.1 Å². The highest BCUT2D eigenvalue weighted by atomic mass is 16.4. The van der Waals surface area contributed by atoms with Crippen LogP contribution >= 0.6 is 0 Å². The molecule has 8 N–H and O–H groups in total. The summed E-state index contributed by atoms with van der Waals surface area (Å²) in [7, 11) is 0. The van der Waals surface area contributed by atoms with Gasteiger partial charge in [-0.1, -0.05) is 20.3 Å². The minimum absolute atomic E-state index is 0.149. The molecule has 0 saturated carbocycles. The van der Waals surface area contributed by atoms with Crippen LogP contribution in [0.1, 0.15) is 46.0 Å². The van der Waals surface area contributed by atoms with Gasteiger partial charge in [-0.2, -0.15) is 0 Å². The molecule has 1 saturated heterocycles. The number of rotatable bonds is 12. The van der Waals surface area contributed by atoms with Gasteiger partial charge in [0.15, 0.2) is 0 Å². The zero-order chi connectivity index (χ0) is 24.6. The van der Waals surface area contributed by atoms with Crippen LogP contribution in [0.5, 0.6) is 0 Å². The summed E-state index contributed by atoms with van der Waals surface area (Å²) in [6.45, 7) is 3.55. The summed E-state index contributed by atoms with van der Waals surface area (Å²) in [6, 6.07) is -5.06. The maximum absolute atomic E-state index is 12.9. The Hall–Kier alpha value is -3.22. The lowest BCUT2D eigenvalue weighted by molar-refractivity contribution is -0.149. The molecule has 0 aromatic carbocycles. The van der Waals surface area contributed by atoms with Crippen molar-refractivity contribution in [3.63, 3.8) is 0 Å². The maximum atomic E-state index is 12.9. The monoisotopic (exact) mass is 457 g/mol. The number of nitrogens with two attached hydrogens (primary N) is 2. The average molecular weight is 457 g/mol. The molecule has 0 aliphatic carbocycles. The van der Waals surface area contributed by atoms with E-state index in [2.05, 4.69) is 10.6 Å². The number of nitrogens with one attached hydrogen (secondary N) is 2. The van der Waals surface area contributed by atoms with Crippen molar-refractivity contribution >= 4 is 35.6 Å². The van der Waals surface area contributed by atoms with Gasteiger partial charge >= 0.3 is 11.9 Å². The Morgan fingerprint density at radius 2 is 1.69 bits per heavy atom. The Labute approximate surface area is 184 Å². The molecule has 0 aromatic heterocycles. The van der Waals surface area contributed by atoms with Crippen molar-refractivity contribution in [1.29, 1.82) is 0 Å². The molecule has 0 radical (unpaired) electrons. The molecule has 180 valence electrons. The molecular formula is C19H31N5O8. The molecule has 0 bridgehead atoms. The first-order valence-corrected chi connectivity index (χ1v) is 10.3. The Kier molecular flexibility index (Phi) is 10.0. The lowest BCUT2D eigenvalue weighted by Crippen LogP contribution is -2.59. The van der Waals surface area contributed by atoms with Gasteiger partial charge in [0.2, 0.25) is 23.6 Å². The smallest absolute Gasteiger partial charge is 0.326 e. The molecule has 0 spiro atoms. The number of carbonyl (C=O) groups is 6. The van der Waals surface area contributed by atoms with Crippen molar-refractivity contribution in [1.82, 2.24) is 15.5 Å². The highest BCUT2D eigenvalue weighted by molar-refractivity contribution is 5.96. The fourth-order valence-corrected chi connectivity index (χ4v) is 3.39. The Balaban J connectivity index is 3.04. The summed E-state index contributed by atoms with van der Waals surface area (Å²) in [5.74, 6) is -6.24. The standard InChI is InChI=1S/C19H31N5O8/c1-3-9(2)15(23-16(28)10(20)7-14(26)27)17(29)22-11(8-13(21)25)18(30)24-6-4-5-12(24)19(31)32/h9-12,15H,3-8,20H2,1-2H3,(H2,21,25)(H,22,29)(H,23,28)(H,26,27)(H,31,32). The van der Waals surface area contributed by atoms with Crippen LogP contribution in [0, 0.1) is 5.92 Å². The molecule has 13 heteroatoms. The fourth-order valence-electron chi connectivity index (χ4n) is 3.39. The van der Waals surface area contributed by atoms with Crippen molar-refractivity contribution in [2.75, 3.05) is 6.54 Å². The molecule has 1 fully saturated rings. The SMILES string of the molecule is CCC(C)C(NC(=O)C(N)CC(=O)O)C(=O)NC(CC(N)=O)C(=O)N1CCCC1C(=O)O. The predicted octanol–water partition coefficient (Wildman–Crippen LogP) is -2.24. The molecule has 13 nitrogen and oxygen atoms in total. The zero-order valence-corrected chi connectivity index (χ0v) is 18.1. The topological polar surface area (TPSA) is 222 Å². The van der Waals surface area contributed by atoms with E-state index in [4.69, 9.17) is 16.6 Å². The third-order valence-corrected chi connectivity index (χ3v) is 5.37. The molecule has 5 atom stereocenters. The number of amides is 4. The minimum Gasteiger partial charge on any atom is -0.481 e. The van der Waals surface area contributed by atoms with Crippen LogP contribution in [-0.4, -0.2) is 81.4 Å². The summed E-state index contributed by atoms with van der Waals surface area (Å²) in [5, 5.41) is 22.9. The summed E-state index contributed by atoms with van der Waals surface area (Å²) in [4.78, 5) is 72.8. The Morgan fingerprint density at radius 3 is 2.19 bits per heavy atom. The van der Waals surface area contributed by atoms with Gasteiger partial charge in [-0.15, -0.1) is 0 Å². The molecule has 1 aliphatic heterocycles. The zero-order valence-electron chi connectivity index (χ0n) is 18.1. The van der Waals surface area contributed by atoms with Crippen LogP contribution in [0.25, 0.3) is 0 Å². The Bertz CT molecular complexity index is 758. The van der Waals surface area contributed by atoms with Gasteiger partial charge in [-0.05, 0) is 18.8 Å². The number of carboxylic acids is 2. The predicted molar refractivity (Wildman–Crippen MR) is 110 cm³/mol. The number of aliphatic carboxylic acids is 2. The lowest BCUT2D eigenvalue weighted by atomic mass is 9.97. The van der Waals surface area contributed by atoms with Gasteiger partial charge in [-0.3, -0.25) is 24.0 Å². The van der Waals surface area contributed by atoms with Gasteiger partial charge in [0.05, 0.1) is 18.9 Å². The molecular weight excluding hydrogens is 426 g/mol. The van der Waals surface area contributed by atoms with Crippen LogP contribution < -0.4 is 22.1 Å². The van der Waals surface area contributed by atoms with Gasteiger partial charge in [0.1, 0.15) is 18.1 Å². The molecule has 32 heavy (non-hydrogen) atoms. The third kappa shape index (κ3) is 7.48. The molecule has 0 aromatic rings. The van der Waals surface area contributed by atoms with Gasteiger partial charge in [0.25, 0.3) is 0 Å². The molecule has 1 rings (SSSR count). The van der Waals surface area contributed by atoms with Crippen molar-refractivity contribution in [3.05, 3.63) is 0 Å². The lowest BCUT2D eigenvalue weighted by Gasteiger charge is -2.30. The summed E-state index contributed by atoms with van der Waals surface area (Å²) in [6.07, 6.45) is -0.0748. The van der Waals surface area contributed by atoms with Crippen LogP contribution in [-0.2, 0) is 28.8 Å². The summed E-state index contributed by atoms with van der Waals surface area (Å²) in [5.41, 5.74) is 10.8. The normalized spacial score (nSPS) is 19.3. The van der Waals surface area contributed by atoms with Crippen LogP contribution in [0.2, 0.25) is 0 Å². The summed E-state index contributed by atoms with van der Waals surface area (Å²) >= 11 is 0. The molecule has 4 amide bonds. The first-order valence-electron chi connectivity index (χ1n) is 10.3. The van der Waals surface area contributed by atoms with E-state index in [1.165, 1.54) is 0 Å². The molecule has 5 unspecified atom stereocenters. The quantitative estimate of drug-likeness (QED) is 0.186. The van der Waals surface area contributed by atoms with E-state index in [1.54, 1.807) is 13.8 Å². The number of primary amides is 1. The second-order valence-corrected chi connectivity index (χ2v) is 7.84. The Morgan fingerprint density at radius 1 is 1.06 bits per heavy atom. The second kappa shape index (κ2) is 12.0. The number of carbonyl (C=O) groups excluding carboxylic acids is 4. The molecule has 1 heterocycles. The number of nitrogens with zero attached hydrogens (tertiary/aromatic N) is 1. The number of carboxylic acid groups (broad SMARTS) is 2. The fraction of sp³-hybridized carbons (Fsp3) is 0.684. The highest BCUT2D eigenvalue weighted by Crippen LogP contribution is 2.19. The van der Waals surface area contributed by atoms with E-state index in [-0.39, 0.29) is 13.0 Å². The van der Waals surface area contributed by atoms with Gasteiger partial charge < -0.3 is 37.2 Å². The van der Waals surface area contributed by atoms with E-state index in [9.17, 15) is 33.9 Å². The third-order valence-electron chi connectivity index (χ3n) is 5.37. The van der Waals surface area contributed by atoms with Crippen LogP contribution in [0.4, 0.5) is 0 Å². The van der Waals surface area contributed by atoms with E-state index < -0.39 is 78.5 Å². The maximum Gasteiger partial charge on any atom is 0.326 e. The van der Waals surface area contributed by atoms with Crippen molar-refractivity contribution in [3.8, 4) is 0 Å². The van der Waals surface area contributed by atoms with E-state index in [0.717, 1.165) is 4.90 Å². The highest BCUT2D eigenvalue weighted by Gasteiger charge is 2.39. The largest absolute Gasteiger partial charge is 0.481 e. The second-order valence-electron chi connectivity index (χ2n) is 7.84. The summed E-state index contributed by atoms with van der Waals surface area (Å²) < 4.78 is 0. The first kappa shape index (κ1) is 26.8. The van der Waals surface area contributed by atoms with Crippen LogP contribution in [0.3, 0.4) is 0 Å². The van der Waals surface area contributed by atoms with Crippen molar-refractivity contribution in [2.24, 2.45) is 17.4 Å². The number of hydrogen-bond donors (Lipinski definition) is 6. The minimum atomic E-state index is -1.42. The van der Waals surface area contributed by atoms with E-state index in [1.807, 2.05) is 0 Å². The van der Waals surface area contributed by atoms with Gasteiger partial charge in [0, 0.05) is 6.54 Å². The van der Waals surface area contributed by atoms with E-state index in [0.29, 0.717) is 12.8 Å². The number of hydrogen-bond acceptors (Lipinski definition) is 7. The average Bonchev–Trinajstić information content (AvgIpc) is 3.19. The van der Waals surface area contributed by atoms with E-state index >= 15 is 0 Å². The van der Waals surface area contributed by atoms with Crippen LogP contribution in [0.15, 0.2) is 0 Å². The number of likely N-dealkylation sites (tertiary alicyclic amines) is 1. The first-order chi connectivity index (χ1) is 14.9. The van der Waals surface area contributed by atoms with Gasteiger partial charge in [-0.25, -0.2) is 4.79 Å². The molecule has 1 aliphatic rings.